The number of carbonyl (C=O) groups excluding carboxylic acids is 2. The zero-order valence-electron chi connectivity index (χ0n) is 25.8. The summed E-state index contributed by atoms with van der Waals surface area (Å²) in [6, 6.07) is 16.3. The predicted octanol–water partition coefficient (Wildman–Crippen LogP) is 3.68. The molecule has 2 aromatic carbocycles. The van der Waals surface area contributed by atoms with Gasteiger partial charge in [-0.25, -0.2) is 9.48 Å². The number of aromatic nitrogens is 5. The first-order valence-corrected chi connectivity index (χ1v) is 15.3. The Labute approximate surface area is 262 Å². The van der Waals surface area contributed by atoms with Gasteiger partial charge in [0.2, 0.25) is 5.95 Å². The number of rotatable bonds is 7. The average molecular weight is 611 g/mol. The molecule has 2 aromatic heterocycles. The standard InChI is InChI=1S/C32H38N10O3/c1-22(2)39-14-16-40(17-15-39)29(43)25-6-10-27(11-7-25)34-32(44)33-26-8-4-24(5-9-26)28-35-30(41-18-20-45-21-19-41)37-31(36-28)42-13-12-23(3)38-42/h4-13,22H,14-21H2,1-3H3,(H2,33,34,44). The quantitative estimate of drug-likeness (QED) is 0.321. The number of amides is 3. The van der Waals surface area contributed by atoms with Gasteiger partial charge in [0, 0.05) is 74.0 Å². The van der Waals surface area contributed by atoms with Crippen molar-refractivity contribution in [3.05, 3.63) is 72.1 Å². The number of urea groups is 1. The molecule has 2 aliphatic heterocycles. The maximum atomic E-state index is 13.0. The molecule has 3 amide bonds. The van der Waals surface area contributed by atoms with Crippen molar-refractivity contribution in [2.24, 2.45) is 0 Å². The molecule has 234 valence electrons. The van der Waals surface area contributed by atoms with Crippen molar-refractivity contribution < 1.29 is 14.3 Å². The van der Waals surface area contributed by atoms with Crippen LogP contribution in [-0.2, 0) is 4.74 Å². The minimum Gasteiger partial charge on any atom is -0.378 e. The van der Waals surface area contributed by atoms with Crippen LogP contribution in [-0.4, -0.2) is 105 Å². The monoisotopic (exact) mass is 610 g/mol. The van der Waals surface area contributed by atoms with Gasteiger partial charge in [-0.2, -0.15) is 20.1 Å². The number of nitrogens with zero attached hydrogens (tertiary/aromatic N) is 8. The first kappa shape index (κ1) is 30.2. The van der Waals surface area contributed by atoms with Gasteiger partial charge in [-0.3, -0.25) is 9.69 Å². The highest BCUT2D eigenvalue weighted by molar-refractivity contribution is 6.00. The third-order valence-electron chi connectivity index (χ3n) is 7.96. The molecule has 13 nitrogen and oxygen atoms in total. The molecule has 2 saturated heterocycles. The number of hydrogen-bond donors (Lipinski definition) is 2. The molecule has 6 rings (SSSR count). The molecule has 2 aliphatic rings. The number of carbonyl (C=O) groups is 2. The number of morpholine rings is 1. The van der Waals surface area contributed by atoms with Crippen molar-refractivity contribution in [1.82, 2.24) is 34.5 Å². The molecule has 2 fully saturated rings. The molecule has 4 aromatic rings. The van der Waals surface area contributed by atoms with Crippen LogP contribution in [0.5, 0.6) is 0 Å². The number of ether oxygens (including phenoxy) is 1. The fraction of sp³-hybridized carbons (Fsp3) is 0.375. The van der Waals surface area contributed by atoms with E-state index in [0.717, 1.165) is 24.3 Å². The van der Waals surface area contributed by atoms with Crippen LogP contribution >= 0.6 is 0 Å². The van der Waals surface area contributed by atoms with E-state index in [1.54, 1.807) is 41.1 Å². The van der Waals surface area contributed by atoms with Crippen LogP contribution in [0.4, 0.5) is 22.1 Å². The molecule has 0 saturated carbocycles. The van der Waals surface area contributed by atoms with E-state index >= 15 is 0 Å². The second-order valence-electron chi connectivity index (χ2n) is 11.4. The summed E-state index contributed by atoms with van der Waals surface area (Å²) in [6.07, 6.45) is 1.82. The summed E-state index contributed by atoms with van der Waals surface area (Å²) in [6.45, 7) is 12.0. The summed E-state index contributed by atoms with van der Waals surface area (Å²) >= 11 is 0. The van der Waals surface area contributed by atoms with Crippen LogP contribution in [0.3, 0.4) is 0 Å². The van der Waals surface area contributed by atoms with Gasteiger partial charge in [-0.1, -0.05) is 0 Å². The van der Waals surface area contributed by atoms with Crippen LogP contribution in [0, 0.1) is 6.92 Å². The maximum absolute atomic E-state index is 13.0. The Balaban J connectivity index is 1.09. The lowest BCUT2D eigenvalue weighted by molar-refractivity contribution is 0.0595. The van der Waals surface area contributed by atoms with Gasteiger partial charge in [-0.05, 0) is 75.4 Å². The number of aryl methyl sites for hydroxylation is 1. The molecule has 0 radical (unpaired) electrons. The van der Waals surface area contributed by atoms with E-state index < -0.39 is 6.03 Å². The van der Waals surface area contributed by atoms with E-state index in [4.69, 9.17) is 9.72 Å². The molecule has 4 heterocycles. The minimum atomic E-state index is -0.391. The fourth-order valence-electron chi connectivity index (χ4n) is 5.33. The summed E-state index contributed by atoms with van der Waals surface area (Å²) in [5.41, 5.74) is 3.43. The van der Waals surface area contributed by atoms with Crippen LogP contribution < -0.4 is 15.5 Å². The van der Waals surface area contributed by atoms with E-state index in [1.807, 2.05) is 36.2 Å². The highest BCUT2D eigenvalue weighted by atomic mass is 16.5. The van der Waals surface area contributed by atoms with Crippen molar-refractivity contribution in [3.63, 3.8) is 0 Å². The fourth-order valence-corrected chi connectivity index (χ4v) is 5.33. The Morgan fingerprint density at radius 3 is 2.00 bits per heavy atom. The van der Waals surface area contributed by atoms with E-state index in [0.29, 0.717) is 80.1 Å². The minimum absolute atomic E-state index is 0.0107. The van der Waals surface area contributed by atoms with E-state index in [1.165, 1.54) is 0 Å². The van der Waals surface area contributed by atoms with Crippen molar-refractivity contribution in [1.29, 1.82) is 0 Å². The van der Waals surface area contributed by atoms with Gasteiger partial charge in [-0.15, -0.1) is 0 Å². The van der Waals surface area contributed by atoms with Crippen molar-refractivity contribution in [2.75, 3.05) is 68.0 Å². The largest absolute Gasteiger partial charge is 0.378 e. The van der Waals surface area contributed by atoms with Gasteiger partial charge in [0.25, 0.3) is 11.9 Å². The number of nitrogens with one attached hydrogen (secondary N) is 2. The molecule has 13 heteroatoms. The Hall–Kier alpha value is -4.88. The zero-order chi connectivity index (χ0) is 31.3. The molecule has 2 N–H and O–H groups in total. The molecule has 0 aliphatic carbocycles. The maximum Gasteiger partial charge on any atom is 0.323 e. The molecular weight excluding hydrogens is 572 g/mol. The van der Waals surface area contributed by atoms with Gasteiger partial charge < -0.3 is 25.2 Å². The predicted molar refractivity (Wildman–Crippen MR) is 172 cm³/mol. The molecular formula is C32H38N10O3. The SMILES string of the molecule is Cc1ccn(-c2nc(-c3ccc(NC(=O)Nc4ccc(C(=O)N5CCN(C(C)C)CC5)cc4)cc3)nc(N3CCOCC3)n2)n1. The summed E-state index contributed by atoms with van der Waals surface area (Å²) in [5, 5.41) is 10.2. The topological polar surface area (TPSA) is 134 Å². The van der Waals surface area contributed by atoms with Crippen molar-refractivity contribution in [2.45, 2.75) is 26.8 Å². The normalized spacial score (nSPS) is 15.7. The smallest absolute Gasteiger partial charge is 0.323 e. The third kappa shape index (κ3) is 7.27. The number of benzene rings is 2. The van der Waals surface area contributed by atoms with Gasteiger partial charge in [0.15, 0.2) is 5.82 Å². The molecule has 0 spiro atoms. The second kappa shape index (κ2) is 13.4. The van der Waals surface area contributed by atoms with Crippen LogP contribution in [0.1, 0.15) is 29.9 Å². The van der Waals surface area contributed by atoms with Gasteiger partial charge >= 0.3 is 6.03 Å². The number of piperazine rings is 1. The zero-order valence-corrected chi connectivity index (χ0v) is 25.8. The first-order chi connectivity index (χ1) is 21.8. The lowest BCUT2D eigenvalue weighted by Crippen LogP contribution is -2.50. The van der Waals surface area contributed by atoms with Gasteiger partial charge in [0.05, 0.1) is 18.9 Å². The van der Waals surface area contributed by atoms with E-state index in [9.17, 15) is 9.59 Å². The van der Waals surface area contributed by atoms with E-state index in [2.05, 4.69) is 49.3 Å². The Morgan fingerprint density at radius 2 is 1.40 bits per heavy atom. The molecule has 0 atom stereocenters. The molecule has 0 unspecified atom stereocenters. The summed E-state index contributed by atoms with van der Waals surface area (Å²) in [4.78, 5) is 46.1. The Kier molecular flexibility index (Phi) is 8.98. The summed E-state index contributed by atoms with van der Waals surface area (Å²) < 4.78 is 7.14. The average Bonchev–Trinajstić information content (AvgIpc) is 3.51. The van der Waals surface area contributed by atoms with Gasteiger partial charge in [0.1, 0.15) is 0 Å². The Bertz CT molecular complexity index is 1620. The lowest BCUT2D eigenvalue weighted by Gasteiger charge is -2.37. The number of hydrogen-bond acceptors (Lipinski definition) is 9. The number of anilines is 3. The lowest BCUT2D eigenvalue weighted by atomic mass is 10.1. The van der Waals surface area contributed by atoms with E-state index in [-0.39, 0.29) is 5.91 Å². The summed E-state index contributed by atoms with van der Waals surface area (Å²) in [5.74, 6) is 1.51. The third-order valence-corrected chi connectivity index (χ3v) is 7.96. The molecule has 45 heavy (non-hydrogen) atoms. The van der Waals surface area contributed by atoms with Crippen molar-refractivity contribution >= 4 is 29.3 Å². The second-order valence-corrected chi connectivity index (χ2v) is 11.4. The van der Waals surface area contributed by atoms with Crippen LogP contribution in [0.15, 0.2) is 60.8 Å². The molecule has 0 bridgehead atoms. The highest BCUT2D eigenvalue weighted by Crippen LogP contribution is 2.22. The van der Waals surface area contributed by atoms with Crippen LogP contribution in [0.2, 0.25) is 0 Å². The highest BCUT2D eigenvalue weighted by Gasteiger charge is 2.23. The Morgan fingerprint density at radius 1 is 0.778 bits per heavy atom. The first-order valence-electron chi connectivity index (χ1n) is 15.3. The van der Waals surface area contributed by atoms with Crippen LogP contribution in [0.25, 0.3) is 17.3 Å². The van der Waals surface area contributed by atoms with Crippen molar-refractivity contribution in [3.8, 4) is 17.3 Å². The summed E-state index contributed by atoms with van der Waals surface area (Å²) in [7, 11) is 0.